The van der Waals surface area contributed by atoms with Gasteiger partial charge < -0.3 is 10.1 Å². The molecular weight excluding hydrogens is 206 g/mol. The first-order valence-electron chi connectivity index (χ1n) is 6.13. The zero-order valence-electron chi connectivity index (χ0n) is 9.92. The lowest BCUT2D eigenvalue weighted by atomic mass is 9.74. The fraction of sp³-hybridized carbons (Fsp3) is 1.00. The van der Waals surface area contributed by atoms with Crippen molar-refractivity contribution in [1.82, 2.24) is 5.32 Å². The molecule has 15 heavy (non-hydrogen) atoms. The monoisotopic (exact) mass is 229 g/mol. The van der Waals surface area contributed by atoms with Crippen molar-refractivity contribution >= 4 is 11.8 Å². The molecule has 2 aliphatic rings. The largest absolute Gasteiger partial charge is 0.375 e. The Morgan fingerprint density at radius 3 is 2.93 bits per heavy atom. The molecule has 2 unspecified atom stereocenters. The van der Waals surface area contributed by atoms with Crippen molar-refractivity contribution in [3.8, 4) is 0 Å². The Labute approximate surface area is 97.5 Å². The Kier molecular flexibility index (Phi) is 3.97. The number of nitrogens with one attached hydrogen (secondary N) is 1. The molecule has 0 bridgehead atoms. The van der Waals surface area contributed by atoms with Crippen LogP contribution in [-0.2, 0) is 4.74 Å². The lowest BCUT2D eigenvalue weighted by Gasteiger charge is -2.47. The molecule has 1 aliphatic carbocycles. The molecule has 2 fully saturated rings. The van der Waals surface area contributed by atoms with Gasteiger partial charge in [0.05, 0.1) is 5.60 Å². The summed E-state index contributed by atoms with van der Waals surface area (Å²) < 4.78 is 5.93. The van der Waals surface area contributed by atoms with Gasteiger partial charge in [0.25, 0.3) is 0 Å². The third kappa shape index (κ3) is 2.89. The van der Waals surface area contributed by atoms with E-state index in [0.29, 0.717) is 12.1 Å². The highest BCUT2D eigenvalue weighted by Gasteiger charge is 2.42. The first kappa shape index (κ1) is 11.7. The SMILES string of the molecule is CSCC(C)NC1CCOC2(CCC2)C1. The van der Waals surface area contributed by atoms with Crippen LogP contribution in [0.25, 0.3) is 0 Å². The van der Waals surface area contributed by atoms with Crippen LogP contribution in [-0.4, -0.2) is 36.3 Å². The maximum absolute atomic E-state index is 5.93. The summed E-state index contributed by atoms with van der Waals surface area (Å²) in [5, 5.41) is 3.74. The summed E-state index contributed by atoms with van der Waals surface area (Å²) >= 11 is 1.92. The fourth-order valence-corrected chi connectivity index (χ4v) is 3.39. The first-order valence-corrected chi connectivity index (χ1v) is 7.52. The molecule has 2 rings (SSSR count). The third-order valence-corrected chi connectivity index (χ3v) is 4.53. The van der Waals surface area contributed by atoms with E-state index in [4.69, 9.17) is 4.74 Å². The molecule has 0 amide bonds. The highest BCUT2D eigenvalue weighted by atomic mass is 32.2. The van der Waals surface area contributed by atoms with Crippen molar-refractivity contribution in [1.29, 1.82) is 0 Å². The Hall–Kier alpha value is 0.270. The molecule has 3 heteroatoms. The molecular formula is C12H23NOS. The normalized spacial score (nSPS) is 31.2. The van der Waals surface area contributed by atoms with Crippen LogP contribution in [0.3, 0.4) is 0 Å². The number of thioether (sulfide) groups is 1. The van der Waals surface area contributed by atoms with Crippen molar-refractivity contribution in [3.05, 3.63) is 0 Å². The smallest absolute Gasteiger partial charge is 0.0697 e. The van der Waals surface area contributed by atoms with E-state index in [-0.39, 0.29) is 5.60 Å². The van der Waals surface area contributed by atoms with Gasteiger partial charge in [-0.15, -0.1) is 0 Å². The second-order valence-electron chi connectivity index (χ2n) is 5.10. The number of rotatable bonds is 4. The van der Waals surface area contributed by atoms with Crippen molar-refractivity contribution < 1.29 is 4.74 Å². The zero-order valence-corrected chi connectivity index (χ0v) is 10.7. The van der Waals surface area contributed by atoms with Gasteiger partial charge in [-0.25, -0.2) is 0 Å². The lowest BCUT2D eigenvalue weighted by molar-refractivity contribution is -0.136. The van der Waals surface area contributed by atoms with Gasteiger partial charge in [0.2, 0.25) is 0 Å². The molecule has 0 aromatic heterocycles. The van der Waals surface area contributed by atoms with Gasteiger partial charge in [-0.1, -0.05) is 0 Å². The van der Waals surface area contributed by atoms with Crippen LogP contribution in [0.1, 0.15) is 39.0 Å². The Balaban J connectivity index is 1.77. The van der Waals surface area contributed by atoms with Crippen LogP contribution < -0.4 is 5.32 Å². The lowest BCUT2D eigenvalue weighted by Crippen LogP contribution is -2.52. The maximum Gasteiger partial charge on any atom is 0.0697 e. The second-order valence-corrected chi connectivity index (χ2v) is 6.01. The van der Waals surface area contributed by atoms with E-state index in [1.165, 1.54) is 37.9 Å². The number of ether oxygens (including phenoxy) is 1. The number of hydrogen-bond donors (Lipinski definition) is 1. The Morgan fingerprint density at radius 1 is 1.53 bits per heavy atom. The summed E-state index contributed by atoms with van der Waals surface area (Å²) in [5.74, 6) is 1.21. The molecule has 0 aromatic rings. The second kappa shape index (κ2) is 5.07. The van der Waals surface area contributed by atoms with Gasteiger partial charge in [-0.3, -0.25) is 0 Å². The predicted octanol–water partition coefficient (Wildman–Crippen LogP) is 2.43. The molecule has 1 saturated carbocycles. The van der Waals surface area contributed by atoms with E-state index >= 15 is 0 Å². The molecule has 2 nitrogen and oxygen atoms in total. The topological polar surface area (TPSA) is 21.3 Å². The zero-order chi connectivity index (χ0) is 10.7. The summed E-state index contributed by atoms with van der Waals surface area (Å²) in [7, 11) is 0. The molecule has 0 radical (unpaired) electrons. The summed E-state index contributed by atoms with van der Waals surface area (Å²) in [6, 6.07) is 1.33. The molecule has 1 heterocycles. The predicted molar refractivity (Wildman–Crippen MR) is 66.5 cm³/mol. The minimum Gasteiger partial charge on any atom is -0.375 e. The van der Waals surface area contributed by atoms with Crippen LogP contribution >= 0.6 is 11.8 Å². The minimum atomic E-state index is 0.287. The molecule has 0 aromatic carbocycles. The van der Waals surface area contributed by atoms with Crippen LogP contribution in [0.15, 0.2) is 0 Å². The standard InChI is InChI=1S/C12H23NOS/c1-10(9-15-2)13-11-4-7-14-12(8-11)5-3-6-12/h10-11,13H,3-9H2,1-2H3. The summed E-state index contributed by atoms with van der Waals surface area (Å²) in [6.45, 7) is 3.25. The highest BCUT2D eigenvalue weighted by molar-refractivity contribution is 7.98. The van der Waals surface area contributed by atoms with Crippen LogP contribution in [0.2, 0.25) is 0 Å². The van der Waals surface area contributed by atoms with E-state index in [9.17, 15) is 0 Å². The molecule has 2 atom stereocenters. The summed E-state index contributed by atoms with van der Waals surface area (Å²) in [6.07, 6.45) is 8.57. The maximum atomic E-state index is 5.93. The van der Waals surface area contributed by atoms with Gasteiger partial charge >= 0.3 is 0 Å². The summed E-state index contributed by atoms with van der Waals surface area (Å²) in [5.41, 5.74) is 0.287. The van der Waals surface area contributed by atoms with E-state index in [2.05, 4.69) is 18.5 Å². The van der Waals surface area contributed by atoms with Crippen LogP contribution in [0, 0.1) is 0 Å². The van der Waals surface area contributed by atoms with Crippen molar-refractivity contribution in [2.24, 2.45) is 0 Å². The van der Waals surface area contributed by atoms with Crippen LogP contribution in [0.5, 0.6) is 0 Å². The van der Waals surface area contributed by atoms with E-state index < -0.39 is 0 Å². The van der Waals surface area contributed by atoms with E-state index in [1.54, 1.807) is 0 Å². The van der Waals surface area contributed by atoms with Gasteiger partial charge in [-0.2, -0.15) is 11.8 Å². The van der Waals surface area contributed by atoms with E-state index in [1.807, 2.05) is 11.8 Å². The number of hydrogen-bond acceptors (Lipinski definition) is 3. The van der Waals surface area contributed by atoms with Gasteiger partial charge in [-0.05, 0) is 45.3 Å². The fourth-order valence-electron chi connectivity index (χ4n) is 2.79. The average molecular weight is 229 g/mol. The first-order chi connectivity index (χ1) is 7.24. The van der Waals surface area contributed by atoms with Gasteiger partial charge in [0.1, 0.15) is 0 Å². The van der Waals surface area contributed by atoms with Gasteiger partial charge in [0.15, 0.2) is 0 Å². The average Bonchev–Trinajstić information content (AvgIpc) is 2.16. The Morgan fingerprint density at radius 2 is 2.33 bits per heavy atom. The quantitative estimate of drug-likeness (QED) is 0.800. The van der Waals surface area contributed by atoms with Crippen molar-refractivity contribution in [2.45, 2.75) is 56.7 Å². The molecule has 88 valence electrons. The minimum absolute atomic E-state index is 0.287. The van der Waals surface area contributed by atoms with Crippen LogP contribution in [0.4, 0.5) is 0 Å². The molecule has 1 N–H and O–H groups in total. The highest BCUT2D eigenvalue weighted by Crippen LogP contribution is 2.42. The van der Waals surface area contributed by atoms with Gasteiger partial charge in [0, 0.05) is 24.4 Å². The molecule has 1 spiro atoms. The Bertz CT molecular complexity index is 206. The molecule has 1 aliphatic heterocycles. The van der Waals surface area contributed by atoms with Crippen molar-refractivity contribution in [3.63, 3.8) is 0 Å². The van der Waals surface area contributed by atoms with E-state index in [0.717, 1.165) is 6.61 Å². The van der Waals surface area contributed by atoms with Crippen molar-refractivity contribution in [2.75, 3.05) is 18.6 Å². The summed E-state index contributed by atoms with van der Waals surface area (Å²) in [4.78, 5) is 0. The molecule has 1 saturated heterocycles. The third-order valence-electron chi connectivity index (χ3n) is 3.69.